The number of rotatable bonds is 3. The normalized spacial score (nSPS) is 49.0. The number of Topliss-reactive ketones (excluding diaryl/α,β-unsaturated/α-hetero) is 1. The zero-order valence-electron chi connectivity index (χ0n) is 16.1. The highest BCUT2D eigenvalue weighted by Crippen LogP contribution is 2.66. The molecular weight excluding hydrogens is 312 g/mol. The van der Waals surface area contributed by atoms with E-state index in [2.05, 4.69) is 13.0 Å². The molecule has 3 nitrogen and oxygen atoms in total. The Hall–Kier alpha value is -0.670. The largest absolute Gasteiger partial charge is 0.393 e. The molecule has 140 valence electrons. The van der Waals surface area contributed by atoms with Crippen LogP contribution in [0.3, 0.4) is 0 Å². The average molecular weight is 347 g/mol. The zero-order valence-corrected chi connectivity index (χ0v) is 16.1. The van der Waals surface area contributed by atoms with E-state index in [1.54, 1.807) is 6.92 Å². The molecule has 0 aromatic heterocycles. The summed E-state index contributed by atoms with van der Waals surface area (Å²) >= 11 is 0. The molecule has 0 bridgehead atoms. The van der Waals surface area contributed by atoms with E-state index >= 15 is 0 Å². The van der Waals surface area contributed by atoms with Gasteiger partial charge in [0.25, 0.3) is 0 Å². The van der Waals surface area contributed by atoms with Gasteiger partial charge in [-0.15, -0.1) is 0 Å². The highest BCUT2D eigenvalue weighted by atomic mass is 16.5. The van der Waals surface area contributed by atoms with E-state index in [-0.39, 0.29) is 22.9 Å². The van der Waals surface area contributed by atoms with Gasteiger partial charge in [0, 0.05) is 18.4 Å². The predicted molar refractivity (Wildman–Crippen MR) is 98.1 cm³/mol. The monoisotopic (exact) mass is 346 g/mol. The SMILES string of the molecule is COCC12CCC(O)CC1=CCC1C2CCC2(C)C(C(C)=O)CCC12. The first-order valence-corrected chi connectivity index (χ1v) is 10.3. The Morgan fingerprint density at radius 1 is 1.24 bits per heavy atom. The van der Waals surface area contributed by atoms with Gasteiger partial charge >= 0.3 is 0 Å². The van der Waals surface area contributed by atoms with Crippen molar-refractivity contribution < 1.29 is 14.6 Å². The summed E-state index contributed by atoms with van der Waals surface area (Å²) in [4.78, 5) is 12.2. The molecule has 0 saturated heterocycles. The molecule has 7 atom stereocenters. The van der Waals surface area contributed by atoms with Crippen molar-refractivity contribution in [3.8, 4) is 0 Å². The van der Waals surface area contributed by atoms with Gasteiger partial charge in [0.1, 0.15) is 5.78 Å². The Morgan fingerprint density at radius 2 is 2.04 bits per heavy atom. The number of fused-ring (bicyclic) bond motifs is 5. The highest BCUT2D eigenvalue weighted by molar-refractivity contribution is 5.79. The smallest absolute Gasteiger partial charge is 0.133 e. The van der Waals surface area contributed by atoms with Gasteiger partial charge < -0.3 is 9.84 Å². The molecule has 0 aromatic carbocycles. The summed E-state index contributed by atoms with van der Waals surface area (Å²) in [6, 6.07) is 0. The lowest BCUT2D eigenvalue weighted by molar-refractivity contribution is -0.128. The maximum atomic E-state index is 12.2. The quantitative estimate of drug-likeness (QED) is 0.781. The standard InChI is InChI=1S/C22H34O3/c1-14(23)18-6-7-19-17-5-4-15-12-16(24)8-11-22(15,13-25-3)20(17)9-10-21(18,19)2/h4,16-20,24H,5-13H2,1-3H3. The minimum absolute atomic E-state index is 0.145. The molecule has 25 heavy (non-hydrogen) atoms. The molecule has 0 amide bonds. The third kappa shape index (κ3) is 2.49. The fraction of sp³-hybridized carbons (Fsp3) is 0.864. The molecule has 3 fully saturated rings. The van der Waals surface area contributed by atoms with Crippen LogP contribution in [0.5, 0.6) is 0 Å². The number of aliphatic hydroxyl groups is 1. The van der Waals surface area contributed by atoms with Crippen LogP contribution < -0.4 is 0 Å². The topological polar surface area (TPSA) is 46.5 Å². The third-order valence-corrected chi connectivity index (χ3v) is 8.69. The minimum atomic E-state index is -0.171. The van der Waals surface area contributed by atoms with E-state index in [4.69, 9.17) is 4.74 Å². The van der Waals surface area contributed by atoms with Crippen molar-refractivity contribution in [3.63, 3.8) is 0 Å². The van der Waals surface area contributed by atoms with Crippen LogP contribution in [0.2, 0.25) is 0 Å². The van der Waals surface area contributed by atoms with Crippen molar-refractivity contribution in [2.75, 3.05) is 13.7 Å². The number of carbonyl (C=O) groups excluding carboxylic acids is 1. The molecule has 0 aromatic rings. The first-order chi connectivity index (χ1) is 11.9. The number of ketones is 1. The van der Waals surface area contributed by atoms with Crippen LogP contribution in [-0.4, -0.2) is 30.7 Å². The number of allylic oxidation sites excluding steroid dienone is 1. The Bertz CT molecular complexity index is 582. The Kier molecular flexibility index (Phi) is 4.39. The van der Waals surface area contributed by atoms with Crippen molar-refractivity contribution in [1.29, 1.82) is 0 Å². The van der Waals surface area contributed by atoms with Crippen LogP contribution in [-0.2, 0) is 9.53 Å². The second-order valence-corrected chi connectivity index (χ2v) is 9.61. The van der Waals surface area contributed by atoms with Crippen molar-refractivity contribution in [2.24, 2.45) is 34.5 Å². The lowest BCUT2D eigenvalue weighted by atomic mass is 9.47. The van der Waals surface area contributed by atoms with Gasteiger partial charge in [-0.25, -0.2) is 0 Å². The van der Waals surface area contributed by atoms with Gasteiger partial charge in [-0.3, -0.25) is 4.79 Å². The van der Waals surface area contributed by atoms with Gasteiger partial charge in [-0.05, 0) is 81.5 Å². The second-order valence-electron chi connectivity index (χ2n) is 9.61. The number of carbonyl (C=O) groups is 1. The summed E-state index contributed by atoms with van der Waals surface area (Å²) < 4.78 is 5.75. The number of hydrogen-bond donors (Lipinski definition) is 1. The fourth-order valence-corrected chi connectivity index (χ4v) is 7.63. The molecule has 0 radical (unpaired) electrons. The Balaban J connectivity index is 1.69. The first kappa shape index (κ1) is 17.7. The molecule has 1 N–H and O–H groups in total. The van der Waals surface area contributed by atoms with E-state index in [1.165, 1.54) is 24.8 Å². The Labute approximate surface area is 152 Å². The number of aliphatic hydroxyl groups excluding tert-OH is 1. The van der Waals surface area contributed by atoms with Gasteiger partial charge in [0.15, 0.2) is 0 Å². The van der Waals surface area contributed by atoms with Crippen molar-refractivity contribution in [2.45, 2.75) is 71.3 Å². The van der Waals surface area contributed by atoms with Gasteiger partial charge in [0.05, 0.1) is 12.7 Å². The summed E-state index contributed by atoms with van der Waals surface area (Å²) in [6.45, 7) is 5.00. The summed E-state index contributed by atoms with van der Waals surface area (Å²) in [5, 5.41) is 10.2. The molecule has 4 rings (SSSR count). The molecule has 0 aliphatic heterocycles. The molecule has 7 unspecified atom stereocenters. The van der Waals surface area contributed by atoms with Crippen molar-refractivity contribution in [3.05, 3.63) is 11.6 Å². The maximum Gasteiger partial charge on any atom is 0.133 e. The molecule has 4 aliphatic rings. The van der Waals surface area contributed by atoms with Crippen LogP contribution in [0.4, 0.5) is 0 Å². The van der Waals surface area contributed by atoms with E-state index in [9.17, 15) is 9.90 Å². The molecule has 3 saturated carbocycles. The lowest BCUT2D eigenvalue weighted by Gasteiger charge is -2.58. The van der Waals surface area contributed by atoms with Crippen LogP contribution >= 0.6 is 0 Å². The van der Waals surface area contributed by atoms with Crippen LogP contribution in [0.1, 0.15) is 65.2 Å². The molecular formula is C22H34O3. The molecule has 0 heterocycles. The molecule has 4 aliphatic carbocycles. The van der Waals surface area contributed by atoms with Gasteiger partial charge in [0.2, 0.25) is 0 Å². The summed E-state index contributed by atoms with van der Waals surface area (Å²) in [5.41, 5.74) is 1.83. The number of methoxy groups -OCH3 is 1. The predicted octanol–water partition coefficient (Wildman–Crippen LogP) is 4.14. The van der Waals surface area contributed by atoms with Crippen LogP contribution in [0.15, 0.2) is 11.6 Å². The number of ether oxygens (including phenoxy) is 1. The van der Waals surface area contributed by atoms with Crippen LogP contribution in [0.25, 0.3) is 0 Å². The van der Waals surface area contributed by atoms with Crippen molar-refractivity contribution in [1.82, 2.24) is 0 Å². The minimum Gasteiger partial charge on any atom is -0.393 e. The maximum absolute atomic E-state index is 12.2. The van der Waals surface area contributed by atoms with E-state index in [0.29, 0.717) is 23.5 Å². The summed E-state index contributed by atoms with van der Waals surface area (Å²) in [6.07, 6.45) is 10.9. The van der Waals surface area contributed by atoms with Crippen LogP contribution in [0, 0.1) is 34.5 Å². The average Bonchev–Trinajstić information content (AvgIpc) is 2.93. The fourth-order valence-electron chi connectivity index (χ4n) is 7.63. The highest BCUT2D eigenvalue weighted by Gasteiger charge is 2.60. The third-order valence-electron chi connectivity index (χ3n) is 8.69. The zero-order chi connectivity index (χ0) is 17.8. The number of hydrogen-bond acceptors (Lipinski definition) is 3. The summed E-state index contributed by atoms with van der Waals surface area (Å²) in [7, 11) is 1.83. The molecule has 3 heteroatoms. The second kappa shape index (κ2) is 6.20. The van der Waals surface area contributed by atoms with Gasteiger partial charge in [-0.1, -0.05) is 18.6 Å². The van der Waals surface area contributed by atoms with E-state index in [0.717, 1.165) is 38.7 Å². The van der Waals surface area contributed by atoms with E-state index < -0.39 is 0 Å². The summed E-state index contributed by atoms with van der Waals surface area (Å²) in [5.74, 6) is 2.72. The molecule has 0 spiro atoms. The first-order valence-electron chi connectivity index (χ1n) is 10.3. The van der Waals surface area contributed by atoms with E-state index in [1.807, 2.05) is 7.11 Å². The Morgan fingerprint density at radius 3 is 2.76 bits per heavy atom. The lowest BCUT2D eigenvalue weighted by Crippen LogP contribution is -2.53. The van der Waals surface area contributed by atoms with Crippen molar-refractivity contribution >= 4 is 5.78 Å². The van der Waals surface area contributed by atoms with Gasteiger partial charge in [-0.2, -0.15) is 0 Å².